The molecule has 3 aromatic carbocycles. The van der Waals surface area contributed by atoms with E-state index in [1.54, 1.807) is 0 Å². The van der Waals surface area contributed by atoms with Gasteiger partial charge in [-0.1, -0.05) is 97.1 Å². The Morgan fingerprint density at radius 2 is 1.24 bits per heavy atom. The van der Waals surface area contributed by atoms with Crippen molar-refractivity contribution in [2.24, 2.45) is 0 Å². The van der Waals surface area contributed by atoms with Crippen LogP contribution in [0.3, 0.4) is 0 Å². The fourth-order valence-electron chi connectivity index (χ4n) is 4.39. The Hall–Kier alpha value is -2.84. The largest absolute Gasteiger partial charge is 0.385 e. The lowest BCUT2D eigenvalue weighted by molar-refractivity contribution is -0.319. The molecule has 1 aliphatic rings. The number of ether oxygens (including phenoxy) is 5. The van der Waals surface area contributed by atoms with Crippen molar-refractivity contribution in [1.29, 1.82) is 0 Å². The van der Waals surface area contributed by atoms with E-state index >= 15 is 0 Å². The summed E-state index contributed by atoms with van der Waals surface area (Å²) in [6.45, 7) is 5.58. The highest BCUT2D eigenvalue weighted by atomic mass is 16.7. The van der Waals surface area contributed by atoms with Crippen LogP contribution < -0.4 is 0 Å². The lowest BCUT2D eigenvalue weighted by Gasteiger charge is -2.44. The number of hydrogen-bond donors (Lipinski definition) is 1. The molecule has 0 radical (unpaired) electrons. The predicted molar refractivity (Wildman–Crippen MR) is 146 cm³/mol. The summed E-state index contributed by atoms with van der Waals surface area (Å²) >= 11 is 0. The molecular weight excluding hydrogens is 480 g/mol. The molecule has 0 spiro atoms. The number of unbranched alkanes of at least 4 members (excludes halogenated alkanes) is 1. The molecule has 5 atom stereocenters. The summed E-state index contributed by atoms with van der Waals surface area (Å²) in [7, 11) is 0. The number of aliphatic hydroxyl groups excluding tert-OH is 1. The van der Waals surface area contributed by atoms with Gasteiger partial charge in [0, 0.05) is 0 Å². The van der Waals surface area contributed by atoms with Crippen molar-refractivity contribution < 1.29 is 28.8 Å². The van der Waals surface area contributed by atoms with Crippen LogP contribution in [-0.4, -0.2) is 49.0 Å². The summed E-state index contributed by atoms with van der Waals surface area (Å²) in [5, 5.41) is 11.3. The third-order valence-corrected chi connectivity index (χ3v) is 6.41. The average molecular weight is 519 g/mol. The van der Waals surface area contributed by atoms with Crippen LogP contribution in [0, 0.1) is 0 Å². The first kappa shape index (κ1) is 28.2. The molecule has 1 heterocycles. The molecule has 0 aliphatic carbocycles. The van der Waals surface area contributed by atoms with Crippen molar-refractivity contribution in [2.45, 2.75) is 63.4 Å². The number of rotatable bonds is 15. The quantitative estimate of drug-likeness (QED) is 0.213. The molecule has 3 aromatic rings. The van der Waals surface area contributed by atoms with Gasteiger partial charge >= 0.3 is 0 Å². The van der Waals surface area contributed by atoms with E-state index in [0.29, 0.717) is 26.4 Å². The molecular formula is C32H38O6. The van der Waals surface area contributed by atoms with Crippen LogP contribution in [0.25, 0.3) is 0 Å². The molecule has 1 N–H and O–H groups in total. The topological polar surface area (TPSA) is 66.4 Å². The first-order valence-electron chi connectivity index (χ1n) is 13.2. The van der Waals surface area contributed by atoms with Gasteiger partial charge in [-0.25, -0.2) is 0 Å². The smallest absolute Gasteiger partial charge is 0.186 e. The third-order valence-electron chi connectivity index (χ3n) is 6.41. The molecule has 4 rings (SSSR count). The van der Waals surface area contributed by atoms with Crippen LogP contribution >= 0.6 is 0 Å². The zero-order chi connectivity index (χ0) is 26.4. The first-order chi connectivity index (χ1) is 18.7. The molecule has 0 amide bonds. The van der Waals surface area contributed by atoms with Crippen molar-refractivity contribution in [1.82, 2.24) is 0 Å². The van der Waals surface area contributed by atoms with Gasteiger partial charge in [0.15, 0.2) is 6.29 Å². The SMILES string of the molecule is C=CCCCO[C@H]1O[C@H](COCc2ccccc2)[C@@H](OCc2ccccc2)[C@H](OCc2ccccc2)[C@@H]1O. The molecule has 202 valence electrons. The molecule has 1 fully saturated rings. The van der Waals surface area contributed by atoms with E-state index in [4.69, 9.17) is 23.7 Å². The standard InChI is InChI=1S/C32H38O6/c1-2-3-13-20-35-32-29(33)31(37-23-27-18-11-6-12-19-27)30(36-22-26-16-9-5-10-17-26)28(38-32)24-34-21-25-14-7-4-8-15-25/h2,4-12,14-19,28-33H,1,3,13,20-24H2/t28-,29+,30-,31-,32+/m1/s1. The maximum atomic E-state index is 11.3. The van der Waals surface area contributed by atoms with Crippen LogP contribution in [0.2, 0.25) is 0 Å². The van der Waals surface area contributed by atoms with Gasteiger partial charge in [-0.05, 0) is 29.5 Å². The Bertz CT molecular complexity index is 1050. The van der Waals surface area contributed by atoms with Gasteiger partial charge in [-0.2, -0.15) is 0 Å². The highest BCUT2D eigenvalue weighted by Crippen LogP contribution is 2.29. The van der Waals surface area contributed by atoms with Crippen molar-refractivity contribution in [2.75, 3.05) is 13.2 Å². The molecule has 1 aliphatic heterocycles. The number of benzene rings is 3. The number of aliphatic hydroxyl groups is 1. The van der Waals surface area contributed by atoms with Gasteiger partial charge < -0.3 is 28.8 Å². The predicted octanol–water partition coefficient (Wildman–Crippen LogP) is 5.44. The minimum atomic E-state index is -1.03. The summed E-state index contributed by atoms with van der Waals surface area (Å²) in [5.74, 6) is 0. The maximum absolute atomic E-state index is 11.3. The van der Waals surface area contributed by atoms with E-state index in [1.807, 2.05) is 97.1 Å². The zero-order valence-electron chi connectivity index (χ0n) is 21.8. The summed E-state index contributed by atoms with van der Waals surface area (Å²) < 4.78 is 31.0. The van der Waals surface area contributed by atoms with Gasteiger partial charge in [-0.15, -0.1) is 6.58 Å². The molecule has 38 heavy (non-hydrogen) atoms. The van der Waals surface area contributed by atoms with Crippen LogP contribution in [0.5, 0.6) is 0 Å². The normalized spacial score (nSPS) is 23.2. The van der Waals surface area contributed by atoms with Crippen molar-refractivity contribution in [3.05, 3.63) is 120 Å². The van der Waals surface area contributed by atoms with Gasteiger partial charge in [0.1, 0.15) is 24.4 Å². The second-order valence-electron chi connectivity index (χ2n) is 9.36. The maximum Gasteiger partial charge on any atom is 0.186 e. The molecule has 0 saturated carbocycles. The van der Waals surface area contributed by atoms with Gasteiger partial charge in [0.05, 0.1) is 33.0 Å². The van der Waals surface area contributed by atoms with Crippen LogP contribution in [-0.2, 0) is 43.5 Å². The Balaban J connectivity index is 1.50. The summed E-state index contributed by atoms with van der Waals surface area (Å²) in [6, 6.07) is 29.8. The molecule has 0 unspecified atom stereocenters. The minimum Gasteiger partial charge on any atom is -0.385 e. The highest BCUT2D eigenvalue weighted by molar-refractivity contribution is 5.15. The van der Waals surface area contributed by atoms with E-state index in [9.17, 15) is 5.11 Å². The van der Waals surface area contributed by atoms with E-state index in [2.05, 4.69) is 6.58 Å². The van der Waals surface area contributed by atoms with E-state index in [0.717, 1.165) is 29.5 Å². The first-order valence-corrected chi connectivity index (χ1v) is 13.2. The Kier molecular flexibility index (Phi) is 11.5. The van der Waals surface area contributed by atoms with E-state index < -0.39 is 30.7 Å². The highest BCUT2D eigenvalue weighted by Gasteiger charge is 2.47. The summed E-state index contributed by atoms with van der Waals surface area (Å²) in [4.78, 5) is 0. The fraction of sp³-hybridized carbons (Fsp3) is 0.375. The van der Waals surface area contributed by atoms with Gasteiger partial charge in [0.2, 0.25) is 0 Å². The molecule has 6 nitrogen and oxygen atoms in total. The van der Waals surface area contributed by atoms with Crippen molar-refractivity contribution >= 4 is 0 Å². The second-order valence-corrected chi connectivity index (χ2v) is 9.36. The third kappa shape index (κ3) is 8.60. The lowest BCUT2D eigenvalue weighted by atomic mass is 9.98. The molecule has 1 saturated heterocycles. The van der Waals surface area contributed by atoms with Gasteiger partial charge in [0.25, 0.3) is 0 Å². The lowest BCUT2D eigenvalue weighted by Crippen LogP contribution is -2.61. The Morgan fingerprint density at radius 1 is 0.711 bits per heavy atom. The number of allylic oxidation sites excluding steroid dienone is 1. The van der Waals surface area contributed by atoms with Crippen LogP contribution in [0.4, 0.5) is 0 Å². The van der Waals surface area contributed by atoms with Crippen molar-refractivity contribution in [3.63, 3.8) is 0 Å². The van der Waals surface area contributed by atoms with Gasteiger partial charge in [-0.3, -0.25) is 0 Å². The van der Waals surface area contributed by atoms with Crippen molar-refractivity contribution in [3.8, 4) is 0 Å². The summed E-state index contributed by atoms with van der Waals surface area (Å²) in [6.07, 6.45) is -0.189. The number of hydrogen-bond acceptors (Lipinski definition) is 6. The molecule has 0 aromatic heterocycles. The van der Waals surface area contributed by atoms with E-state index in [-0.39, 0.29) is 6.61 Å². The van der Waals surface area contributed by atoms with Crippen LogP contribution in [0.15, 0.2) is 104 Å². The Morgan fingerprint density at radius 3 is 1.79 bits per heavy atom. The second kappa shape index (κ2) is 15.5. The van der Waals surface area contributed by atoms with E-state index in [1.165, 1.54) is 0 Å². The zero-order valence-corrected chi connectivity index (χ0v) is 21.8. The Labute approximate surface area is 225 Å². The monoisotopic (exact) mass is 518 g/mol. The minimum absolute atomic E-state index is 0.263. The molecule has 6 heteroatoms. The van der Waals surface area contributed by atoms with Crippen LogP contribution in [0.1, 0.15) is 29.5 Å². The fourth-order valence-corrected chi connectivity index (χ4v) is 4.39. The summed E-state index contributed by atoms with van der Waals surface area (Å²) in [5.41, 5.74) is 3.10. The molecule has 0 bridgehead atoms. The average Bonchev–Trinajstić information content (AvgIpc) is 2.96.